The number of rotatable bonds is 4. The Bertz CT molecular complexity index is 487. The number of nitrogens with zero attached hydrogens (tertiary/aromatic N) is 2. The van der Waals surface area contributed by atoms with Crippen LogP contribution in [-0.2, 0) is 4.84 Å². The van der Waals surface area contributed by atoms with Crippen molar-refractivity contribution in [1.82, 2.24) is 9.96 Å². The second-order valence-corrected chi connectivity index (χ2v) is 4.84. The molecule has 0 bridgehead atoms. The summed E-state index contributed by atoms with van der Waals surface area (Å²) in [6.45, 7) is 4.95. The van der Waals surface area contributed by atoms with Crippen molar-refractivity contribution in [3.05, 3.63) is 29.8 Å². The molecular formula is C13H16ClF3N2O2. The quantitative estimate of drug-likeness (QED) is 0.623. The lowest BCUT2D eigenvalue weighted by Crippen LogP contribution is -2.34. The zero-order valence-corrected chi connectivity index (χ0v) is 12.4. The summed E-state index contributed by atoms with van der Waals surface area (Å²) in [5, 5.41) is 1.58. The number of hydrogen-bond acceptors (Lipinski definition) is 4. The van der Waals surface area contributed by atoms with Crippen LogP contribution in [0, 0.1) is 0 Å². The number of hydrogen-bond donors (Lipinski definition) is 0. The first kappa shape index (κ1) is 16.4. The normalized spacial score (nSPS) is 24.5. The summed E-state index contributed by atoms with van der Waals surface area (Å²) in [6, 6.07) is 5.73. The third-order valence-electron chi connectivity index (χ3n) is 3.10. The third-order valence-corrected chi connectivity index (χ3v) is 3.57. The van der Waals surface area contributed by atoms with E-state index in [2.05, 4.69) is 4.74 Å². The summed E-state index contributed by atoms with van der Waals surface area (Å²) in [5.74, 6) is -0.277. The zero-order valence-electron chi connectivity index (χ0n) is 11.6. The van der Waals surface area contributed by atoms with Crippen LogP contribution in [-0.4, -0.2) is 35.0 Å². The van der Waals surface area contributed by atoms with Crippen molar-refractivity contribution >= 4 is 11.6 Å². The van der Waals surface area contributed by atoms with Crippen LogP contribution < -0.4 is 4.74 Å². The van der Waals surface area contributed by atoms with Gasteiger partial charge in [0, 0.05) is 18.7 Å². The predicted octanol–water partition coefficient (Wildman–Crippen LogP) is 3.70. The van der Waals surface area contributed by atoms with Crippen LogP contribution in [0.25, 0.3) is 0 Å². The first-order chi connectivity index (χ1) is 9.85. The molecule has 0 radical (unpaired) electrons. The van der Waals surface area contributed by atoms with E-state index in [-0.39, 0.29) is 5.75 Å². The molecule has 21 heavy (non-hydrogen) atoms. The van der Waals surface area contributed by atoms with E-state index >= 15 is 0 Å². The fraction of sp³-hybridized carbons (Fsp3) is 0.538. The van der Waals surface area contributed by atoms with Gasteiger partial charge < -0.3 is 4.74 Å². The van der Waals surface area contributed by atoms with Crippen molar-refractivity contribution < 1.29 is 22.7 Å². The molecule has 2 unspecified atom stereocenters. The Balaban J connectivity index is 2.23. The van der Waals surface area contributed by atoms with Gasteiger partial charge in [-0.15, -0.1) is 13.2 Å². The molecule has 2 rings (SSSR count). The van der Waals surface area contributed by atoms with E-state index in [1.54, 1.807) is 11.1 Å². The molecule has 0 N–H and O–H groups in total. The van der Waals surface area contributed by atoms with Gasteiger partial charge in [0.25, 0.3) is 0 Å². The highest BCUT2D eigenvalue weighted by Gasteiger charge is 2.39. The van der Waals surface area contributed by atoms with E-state index in [4.69, 9.17) is 16.4 Å². The average Bonchev–Trinajstić information content (AvgIpc) is 2.73. The van der Waals surface area contributed by atoms with Gasteiger partial charge >= 0.3 is 6.36 Å². The molecule has 0 aromatic heterocycles. The molecule has 1 heterocycles. The van der Waals surface area contributed by atoms with Crippen molar-refractivity contribution in [3.8, 4) is 5.75 Å². The van der Waals surface area contributed by atoms with Crippen molar-refractivity contribution in [3.63, 3.8) is 0 Å². The van der Waals surface area contributed by atoms with Crippen LogP contribution in [0.2, 0.25) is 0 Å². The van der Waals surface area contributed by atoms with Crippen LogP contribution >= 0.6 is 11.6 Å². The van der Waals surface area contributed by atoms with Gasteiger partial charge in [-0.05, 0) is 19.1 Å². The highest BCUT2D eigenvalue weighted by Crippen LogP contribution is 2.36. The van der Waals surface area contributed by atoms with Gasteiger partial charge in [0.2, 0.25) is 0 Å². The van der Waals surface area contributed by atoms with Crippen molar-refractivity contribution in [2.24, 2.45) is 0 Å². The molecule has 1 fully saturated rings. The Morgan fingerprint density at radius 2 is 2.00 bits per heavy atom. The van der Waals surface area contributed by atoms with Crippen LogP contribution in [0.3, 0.4) is 0 Å². The minimum absolute atomic E-state index is 0.277. The van der Waals surface area contributed by atoms with Crippen LogP contribution in [0.5, 0.6) is 5.75 Å². The lowest BCUT2D eigenvalue weighted by atomic mass is 10.2. The molecule has 118 valence electrons. The molecule has 1 saturated heterocycles. The van der Waals surface area contributed by atoms with E-state index in [1.165, 1.54) is 18.2 Å². The topological polar surface area (TPSA) is 24.9 Å². The Morgan fingerprint density at radius 1 is 1.29 bits per heavy atom. The van der Waals surface area contributed by atoms with E-state index in [1.807, 2.05) is 18.7 Å². The first-order valence-corrected chi connectivity index (χ1v) is 6.98. The molecule has 1 aliphatic heterocycles. The van der Waals surface area contributed by atoms with Gasteiger partial charge in [0.15, 0.2) is 11.9 Å². The summed E-state index contributed by atoms with van der Waals surface area (Å²) < 4.78 is 40.8. The van der Waals surface area contributed by atoms with Crippen LogP contribution in [0.4, 0.5) is 13.2 Å². The number of ether oxygens (including phenoxy) is 1. The van der Waals surface area contributed by atoms with Gasteiger partial charge in [-0.1, -0.05) is 30.7 Å². The molecule has 0 aliphatic carbocycles. The fourth-order valence-corrected chi connectivity index (χ4v) is 2.60. The monoisotopic (exact) mass is 324 g/mol. The van der Waals surface area contributed by atoms with E-state index in [0.29, 0.717) is 18.7 Å². The average molecular weight is 325 g/mol. The lowest BCUT2D eigenvalue weighted by Gasteiger charge is -2.22. The van der Waals surface area contributed by atoms with Crippen molar-refractivity contribution in [2.45, 2.75) is 32.1 Å². The first-order valence-electron chi connectivity index (χ1n) is 6.54. The molecular weight excluding hydrogens is 309 g/mol. The molecule has 8 heteroatoms. The molecule has 0 amide bonds. The molecule has 0 spiro atoms. The highest BCUT2D eigenvalue weighted by atomic mass is 35.5. The molecule has 1 aromatic rings. The van der Waals surface area contributed by atoms with Gasteiger partial charge in [0.05, 0.1) is 0 Å². The Morgan fingerprint density at radius 3 is 2.57 bits per heavy atom. The molecule has 1 aromatic carbocycles. The fourth-order valence-electron chi connectivity index (χ4n) is 2.18. The standard InChI is InChI=1S/C13H16ClF3N2O2/c1-3-18-11(21-19(4-2)12(18)14)9-6-5-7-10(8-9)20-13(15,16)17/h5-8,11-12H,3-4H2,1-2H3. The predicted molar refractivity (Wildman–Crippen MR) is 71.4 cm³/mol. The molecule has 4 nitrogen and oxygen atoms in total. The van der Waals surface area contributed by atoms with Gasteiger partial charge in [-0.3, -0.25) is 4.84 Å². The van der Waals surface area contributed by atoms with Crippen LogP contribution in [0.15, 0.2) is 24.3 Å². The zero-order chi connectivity index (χ0) is 15.6. The minimum atomic E-state index is -4.72. The number of hydroxylamine groups is 2. The van der Waals surface area contributed by atoms with E-state index in [0.717, 1.165) is 0 Å². The van der Waals surface area contributed by atoms with E-state index < -0.39 is 18.2 Å². The summed E-state index contributed by atoms with van der Waals surface area (Å²) >= 11 is 6.25. The summed E-state index contributed by atoms with van der Waals surface area (Å²) in [5.41, 5.74) is 0.0948. The second-order valence-electron chi connectivity index (χ2n) is 4.45. The summed E-state index contributed by atoms with van der Waals surface area (Å²) in [6.07, 6.45) is -5.25. The Kier molecular flexibility index (Phi) is 4.98. The van der Waals surface area contributed by atoms with Gasteiger partial charge in [-0.2, -0.15) is 5.06 Å². The maximum atomic E-state index is 12.3. The lowest BCUT2D eigenvalue weighted by molar-refractivity contribution is -0.274. The van der Waals surface area contributed by atoms with Crippen molar-refractivity contribution in [2.75, 3.05) is 13.1 Å². The summed E-state index contributed by atoms with van der Waals surface area (Å²) in [7, 11) is 0. The van der Waals surface area contributed by atoms with E-state index in [9.17, 15) is 13.2 Å². The number of benzene rings is 1. The Labute approximate surface area is 125 Å². The largest absolute Gasteiger partial charge is 0.573 e. The van der Waals surface area contributed by atoms with Crippen molar-refractivity contribution in [1.29, 1.82) is 0 Å². The number of halogens is 4. The molecule has 2 atom stereocenters. The summed E-state index contributed by atoms with van der Waals surface area (Å²) in [4.78, 5) is 7.52. The van der Waals surface area contributed by atoms with Crippen LogP contribution in [0.1, 0.15) is 25.6 Å². The second kappa shape index (κ2) is 6.39. The number of alkyl halides is 4. The molecule has 0 saturated carbocycles. The maximum absolute atomic E-state index is 12.3. The highest BCUT2D eigenvalue weighted by molar-refractivity contribution is 6.20. The third kappa shape index (κ3) is 3.79. The maximum Gasteiger partial charge on any atom is 0.573 e. The Hall–Kier alpha value is -1.02. The smallest absolute Gasteiger partial charge is 0.406 e. The minimum Gasteiger partial charge on any atom is -0.406 e. The molecule has 1 aliphatic rings. The van der Waals surface area contributed by atoms with Gasteiger partial charge in [-0.25, -0.2) is 4.90 Å². The van der Waals surface area contributed by atoms with Gasteiger partial charge in [0.1, 0.15) is 5.75 Å². The SMILES string of the molecule is CCN1OC(c2cccc(OC(F)(F)F)c2)N(CC)C1Cl.